The van der Waals surface area contributed by atoms with Crippen molar-refractivity contribution in [2.45, 2.75) is 40.5 Å². The van der Waals surface area contributed by atoms with Gasteiger partial charge in [-0.2, -0.15) is 0 Å². The van der Waals surface area contributed by atoms with Crippen LogP contribution in [-0.2, 0) is 39.0 Å². The van der Waals surface area contributed by atoms with Gasteiger partial charge in [-0.3, -0.25) is 0 Å². The first-order valence-corrected chi connectivity index (χ1v) is 10.3. The van der Waals surface area contributed by atoms with Gasteiger partial charge in [0.25, 0.3) is 0 Å². The van der Waals surface area contributed by atoms with Crippen LogP contribution in [0.1, 0.15) is 36.1 Å². The zero-order chi connectivity index (χ0) is 19.9. The molecule has 0 saturated heterocycles. The van der Waals surface area contributed by atoms with Crippen LogP contribution in [0, 0.1) is 13.8 Å². The fourth-order valence-corrected chi connectivity index (χ4v) is 3.68. The fourth-order valence-electron chi connectivity index (χ4n) is 3.68. The minimum Gasteiger partial charge on any atom is -1.00 e. The Labute approximate surface area is 219 Å². The average Bonchev–Trinajstić information content (AvgIpc) is 3.36. The normalized spacial score (nSPS) is 9.42. The standard InChI is InChI=1S/2C14H15.2ClH.Zr/c2*1-3-12-6-4-5-7-14(12)13-9-8-11(2)10-13;;;/h2*4-10H,3H2,1-2H3;2*1H;/q2*-1;;;+4/p-2. The fraction of sp³-hybridized carbons (Fsp3) is 0.214. The number of rotatable bonds is 4. The van der Waals surface area contributed by atoms with Crippen molar-refractivity contribution in [2.24, 2.45) is 0 Å². The van der Waals surface area contributed by atoms with Gasteiger partial charge in [0.15, 0.2) is 0 Å². The first-order chi connectivity index (χ1) is 13.6. The van der Waals surface area contributed by atoms with Gasteiger partial charge in [0.1, 0.15) is 0 Å². The van der Waals surface area contributed by atoms with E-state index in [2.05, 4.69) is 113 Å². The van der Waals surface area contributed by atoms with E-state index in [0.717, 1.165) is 12.8 Å². The predicted octanol–water partition coefficient (Wildman–Crippen LogP) is 1.89. The summed E-state index contributed by atoms with van der Waals surface area (Å²) in [5.74, 6) is 0. The molecule has 31 heavy (non-hydrogen) atoms. The molecule has 0 aliphatic rings. The molecule has 0 heterocycles. The molecule has 0 N–H and O–H groups in total. The Morgan fingerprint density at radius 2 is 0.935 bits per heavy atom. The third kappa shape index (κ3) is 7.91. The molecule has 0 nitrogen and oxygen atoms in total. The van der Waals surface area contributed by atoms with Gasteiger partial charge < -0.3 is 24.8 Å². The molecule has 0 saturated carbocycles. The Morgan fingerprint density at radius 1 is 0.581 bits per heavy atom. The zero-order valence-corrected chi connectivity index (χ0v) is 22.7. The molecule has 0 radical (unpaired) electrons. The molecule has 4 rings (SSSR count). The van der Waals surface area contributed by atoms with Crippen LogP contribution in [0.4, 0.5) is 0 Å². The van der Waals surface area contributed by atoms with E-state index in [1.54, 1.807) is 0 Å². The van der Waals surface area contributed by atoms with Crippen LogP contribution < -0.4 is 24.8 Å². The summed E-state index contributed by atoms with van der Waals surface area (Å²) in [5, 5.41) is 0. The summed E-state index contributed by atoms with van der Waals surface area (Å²) in [4.78, 5) is 0. The molecule has 0 aliphatic heterocycles. The molecule has 160 valence electrons. The van der Waals surface area contributed by atoms with E-state index in [-0.39, 0.29) is 51.0 Å². The first-order valence-electron chi connectivity index (χ1n) is 10.3. The van der Waals surface area contributed by atoms with Crippen molar-refractivity contribution < 1.29 is 51.0 Å². The molecule has 0 aromatic heterocycles. The third-order valence-corrected chi connectivity index (χ3v) is 5.24. The molecule has 0 bridgehead atoms. The van der Waals surface area contributed by atoms with Crippen molar-refractivity contribution in [1.29, 1.82) is 0 Å². The molecule has 0 spiro atoms. The van der Waals surface area contributed by atoms with Crippen LogP contribution in [0.25, 0.3) is 22.3 Å². The second kappa shape index (κ2) is 14.6. The van der Waals surface area contributed by atoms with Crippen LogP contribution in [0.5, 0.6) is 0 Å². The Hall–Kier alpha value is -1.40. The summed E-state index contributed by atoms with van der Waals surface area (Å²) >= 11 is 0. The van der Waals surface area contributed by atoms with E-state index in [4.69, 9.17) is 0 Å². The summed E-state index contributed by atoms with van der Waals surface area (Å²) in [6.45, 7) is 8.68. The summed E-state index contributed by atoms with van der Waals surface area (Å²) in [5.41, 5.74) is 11.0. The van der Waals surface area contributed by atoms with E-state index in [1.807, 2.05) is 0 Å². The maximum atomic E-state index is 2.24. The van der Waals surface area contributed by atoms with Crippen molar-refractivity contribution in [3.63, 3.8) is 0 Å². The van der Waals surface area contributed by atoms with Gasteiger partial charge in [-0.15, -0.1) is 81.9 Å². The molecule has 3 heteroatoms. The number of aryl methyl sites for hydroxylation is 4. The molecule has 0 atom stereocenters. The van der Waals surface area contributed by atoms with Crippen molar-refractivity contribution in [3.05, 3.63) is 107 Å². The molecule has 0 aliphatic carbocycles. The van der Waals surface area contributed by atoms with Gasteiger partial charge in [-0.05, 0) is 0 Å². The summed E-state index contributed by atoms with van der Waals surface area (Å²) < 4.78 is 0. The van der Waals surface area contributed by atoms with E-state index in [9.17, 15) is 0 Å². The molecular formula is C28H30Cl2Zr. The molecule has 0 amide bonds. The molecule has 4 aromatic carbocycles. The largest absolute Gasteiger partial charge is 4.00 e. The Kier molecular flexibility index (Phi) is 14.0. The van der Waals surface area contributed by atoms with Gasteiger partial charge in [-0.25, -0.2) is 0 Å². The van der Waals surface area contributed by atoms with E-state index < -0.39 is 0 Å². The third-order valence-electron chi connectivity index (χ3n) is 5.24. The van der Waals surface area contributed by atoms with Crippen LogP contribution in [-0.4, -0.2) is 0 Å². The van der Waals surface area contributed by atoms with E-state index in [1.165, 1.54) is 44.5 Å². The smallest absolute Gasteiger partial charge is 1.00 e. The molecule has 0 fully saturated rings. The number of halogens is 2. The minimum absolute atomic E-state index is 0. The monoisotopic (exact) mass is 526 g/mol. The maximum absolute atomic E-state index is 2.24. The Morgan fingerprint density at radius 3 is 1.23 bits per heavy atom. The first kappa shape index (κ1) is 29.6. The van der Waals surface area contributed by atoms with Crippen LogP contribution >= 0.6 is 0 Å². The van der Waals surface area contributed by atoms with Gasteiger partial charge in [0.2, 0.25) is 0 Å². The van der Waals surface area contributed by atoms with E-state index in [0.29, 0.717) is 0 Å². The zero-order valence-electron chi connectivity index (χ0n) is 18.8. The van der Waals surface area contributed by atoms with E-state index >= 15 is 0 Å². The van der Waals surface area contributed by atoms with Gasteiger partial charge in [0.05, 0.1) is 0 Å². The summed E-state index contributed by atoms with van der Waals surface area (Å²) in [6.07, 6.45) is 2.20. The quantitative estimate of drug-likeness (QED) is 0.355. The van der Waals surface area contributed by atoms with Gasteiger partial charge >= 0.3 is 26.2 Å². The maximum Gasteiger partial charge on any atom is 4.00 e. The summed E-state index contributed by atoms with van der Waals surface area (Å²) in [6, 6.07) is 30.5. The molecular weight excluding hydrogens is 498 g/mol. The topological polar surface area (TPSA) is 0 Å². The van der Waals surface area contributed by atoms with Crippen molar-refractivity contribution in [2.75, 3.05) is 0 Å². The molecule has 4 aromatic rings. The predicted molar refractivity (Wildman–Crippen MR) is 123 cm³/mol. The SMILES string of the molecule is CCc1ccccc1-[c-]1ccc(C)c1.CCc1ccccc1-[c-]1ccc(C)c1.[Cl-].[Cl-].[Zr+4]. The number of benzene rings is 2. The minimum atomic E-state index is 0. The second-order valence-corrected chi connectivity index (χ2v) is 7.38. The summed E-state index contributed by atoms with van der Waals surface area (Å²) in [7, 11) is 0. The van der Waals surface area contributed by atoms with Crippen LogP contribution in [0.3, 0.4) is 0 Å². The Bertz CT molecular complexity index is 943. The Balaban J connectivity index is 0.000000529. The number of hydrogen-bond acceptors (Lipinski definition) is 0. The second-order valence-electron chi connectivity index (χ2n) is 7.38. The van der Waals surface area contributed by atoms with Crippen molar-refractivity contribution in [3.8, 4) is 22.3 Å². The van der Waals surface area contributed by atoms with Crippen molar-refractivity contribution in [1.82, 2.24) is 0 Å². The van der Waals surface area contributed by atoms with Gasteiger partial charge in [0, 0.05) is 0 Å². The van der Waals surface area contributed by atoms with Gasteiger partial charge in [-0.1, -0.05) is 88.1 Å². The number of hydrogen-bond donors (Lipinski definition) is 0. The van der Waals surface area contributed by atoms with Crippen LogP contribution in [0.15, 0.2) is 84.9 Å². The molecule has 0 unspecified atom stereocenters. The average molecular weight is 529 g/mol. The van der Waals surface area contributed by atoms with Crippen LogP contribution in [0.2, 0.25) is 0 Å². The van der Waals surface area contributed by atoms with Crippen molar-refractivity contribution >= 4 is 0 Å².